The number of hydrogen-bond donors (Lipinski definition) is 1. The zero-order chi connectivity index (χ0) is 13.8. The highest BCUT2D eigenvalue weighted by molar-refractivity contribution is 5.55. The highest BCUT2D eigenvalue weighted by atomic mass is 16.5. The van der Waals surface area contributed by atoms with E-state index >= 15 is 0 Å². The molecular weight excluding hydrogens is 238 g/mol. The topological polar surface area (TPSA) is 51.4 Å². The van der Waals surface area contributed by atoms with E-state index in [0.717, 1.165) is 18.8 Å². The smallest absolute Gasteiger partial charge is 0.239 e. The Morgan fingerprint density at radius 1 is 1.42 bits per heavy atom. The minimum atomic E-state index is 0.0911. The van der Waals surface area contributed by atoms with Gasteiger partial charge in [-0.2, -0.15) is 4.98 Å². The van der Waals surface area contributed by atoms with Crippen molar-refractivity contribution in [1.29, 1.82) is 0 Å². The first-order valence-electron chi connectivity index (χ1n) is 7.31. The van der Waals surface area contributed by atoms with E-state index in [1.807, 2.05) is 26.0 Å². The summed E-state index contributed by atoms with van der Waals surface area (Å²) < 4.78 is 5.68. The van der Waals surface area contributed by atoms with Gasteiger partial charge in [0.1, 0.15) is 5.82 Å². The molecule has 4 heteroatoms. The summed E-state index contributed by atoms with van der Waals surface area (Å²) >= 11 is 0. The molecule has 19 heavy (non-hydrogen) atoms. The SMILES string of the molecule is CCC1CCCCN1c1ccc(N)c(OC(C)C)n1. The first-order chi connectivity index (χ1) is 9.11. The molecule has 1 aliphatic rings. The summed E-state index contributed by atoms with van der Waals surface area (Å²) in [7, 11) is 0. The fraction of sp³-hybridized carbons (Fsp3) is 0.667. The molecule has 0 aliphatic carbocycles. The number of piperidine rings is 1. The van der Waals surface area contributed by atoms with Gasteiger partial charge in [0, 0.05) is 12.6 Å². The van der Waals surface area contributed by atoms with Crippen LogP contribution in [0.15, 0.2) is 12.1 Å². The standard InChI is InChI=1S/C15H25N3O/c1-4-12-7-5-6-10-18(12)14-9-8-13(16)15(17-14)19-11(2)3/h8-9,11-12H,4-7,10,16H2,1-3H3. The summed E-state index contributed by atoms with van der Waals surface area (Å²) in [5.74, 6) is 1.56. The highest BCUT2D eigenvalue weighted by Gasteiger charge is 2.22. The third-order valence-corrected chi connectivity index (χ3v) is 3.61. The van der Waals surface area contributed by atoms with Crippen LogP contribution in [0.1, 0.15) is 46.5 Å². The van der Waals surface area contributed by atoms with Crippen molar-refractivity contribution in [1.82, 2.24) is 4.98 Å². The zero-order valence-electron chi connectivity index (χ0n) is 12.2. The summed E-state index contributed by atoms with van der Waals surface area (Å²) in [6.45, 7) is 7.30. The van der Waals surface area contributed by atoms with Crippen molar-refractivity contribution in [2.24, 2.45) is 0 Å². The van der Waals surface area contributed by atoms with Crippen LogP contribution in [0.5, 0.6) is 5.88 Å². The van der Waals surface area contributed by atoms with Crippen LogP contribution in [0.2, 0.25) is 0 Å². The molecular formula is C15H25N3O. The Morgan fingerprint density at radius 2 is 2.21 bits per heavy atom. The largest absolute Gasteiger partial charge is 0.473 e. The number of rotatable bonds is 4. The summed E-state index contributed by atoms with van der Waals surface area (Å²) in [4.78, 5) is 7.01. The molecule has 2 rings (SSSR count). The van der Waals surface area contributed by atoms with E-state index in [-0.39, 0.29) is 6.10 Å². The number of ether oxygens (including phenoxy) is 1. The van der Waals surface area contributed by atoms with E-state index in [1.165, 1.54) is 19.3 Å². The van der Waals surface area contributed by atoms with Gasteiger partial charge in [0.05, 0.1) is 11.8 Å². The number of nitrogens with two attached hydrogens (primary N) is 1. The second-order valence-electron chi connectivity index (χ2n) is 5.48. The molecule has 0 saturated carbocycles. The van der Waals surface area contributed by atoms with Crippen molar-refractivity contribution < 1.29 is 4.74 Å². The Hall–Kier alpha value is -1.45. The summed E-state index contributed by atoms with van der Waals surface area (Å²) in [6.07, 6.45) is 5.06. The predicted octanol–water partition coefficient (Wildman–Crippen LogP) is 3.22. The Balaban J connectivity index is 2.23. The molecule has 1 aliphatic heterocycles. The molecule has 0 spiro atoms. The quantitative estimate of drug-likeness (QED) is 0.906. The number of pyridine rings is 1. The minimum absolute atomic E-state index is 0.0911. The van der Waals surface area contributed by atoms with E-state index in [4.69, 9.17) is 10.5 Å². The van der Waals surface area contributed by atoms with Crippen LogP contribution in [0.3, 0.4) is 0 Å². The minimum Gasteiger partial charge on any atom is -0.473 e. The zero-order valence-corrected chi connectivity index (χ0v) is 12.2. The van der Waals surface area contributed by atoms with Crippen LogP contribution in [-0.2, 0) is 0 Å². The maximum Gasteiger partial charge on any atom is 0.239 e. The number of nitrogen functional groups attached to an aromatic ring is 1. The van der Waals surface area contributed by atoms with Gasteiger partial charge in [0.2, 0.25) is 5.88 Å². The molecule has 0 radical (unpaired) electrons. The number of aromatic nitrogens is 1. The van der Waals surface area contributed by atoms with Crippen LogP contribution >= 0.6 is 0 Å². The maximum absolute atomic E-state index is 5.93. The van der Waals surface area contributed by atoms with Crippen molar-refractivity contribution in [3.8, 4) is 5.88 Å². The Kier molecular flexibility index (Phi) is 4.51. The van der Waals surface area contributed by atoms with E-state index in [9.17, 15) is 0 Å². The predicted molar refractivity (Wildman–Crippen MR) is 79.7 cm³/mol. The fourth-order valence-corrected chi connectivity index (χ4v) is 2.65. The lowest BCUT2D eigenvalue weighted by molar-refractivity contribution is 0.234. The molecule has 1 saturated heterocycles. The van der Waals surface area contributed by atoms with Gasteiger partial charge in [-0.3, -0.25) is 0 Å². The fourth-order valence-electron chi connectivity index (χ4n) is 2.65. The Bertz CT molecular complexity index is 420. The van der Waals surface area contributed by atoms with Gasteiger partial charge in [-0.15, -0.1) is 0 Å². The molecule has 1 unspecified atom stereocenters. The lowest BCUT2D eigenvalue weighted by Gasteiger charge is -2.36. The van der Waals surface area contributed by atoms with Gasteiger partial charge in [-0.05, 0) is 51.7 Å². The third kappa shape index (κ3) is 3.31. The molecule has 1 atom stereocenters. The van der Waals surface area contributed by atoms with Gasteiger partial charge in [0.25, 0.3) is 0 Å². The molecule has 0 aromatic carbocycles. The molecule has 2 N–H and O–H groups in total. The number of hydrogen-bond acceptors (Lipinski definition) is 4. The lowest BCUT2D eigenvalue weighted by Crippen LogP contribution is -2.39. The molecule has 2 heterocycles. The van der Waals surface area contributed by atoms with Gasteiger partial charge in [-0.1, -0.05) is 6.92 Å². The first-order valence-corrected chi connectivity index (χ1v) is 7.31. The molecule has 1 fully saturated rings. The average Bonchev–Trinajstić information content (AvgIpc) is 2.41. The molecule has 1 aromatic rings. The van der Waals surface area contributed by atoms with Crippen molar-refractivity contribution in [3.05, 3.63) is 12.1 Å². The summed E-state index contributed by atoms with van der Waals surface area (Å²) in [6, 6.07) is 4.51. The van der Waals surface area contributed by atoms with Crippen LogP contribution in [0.25, 0.3) is 0 Å². The van der Waals surface area contributed by atoms with Crippen molar-refractivity contribution >= 4 is 11.5 Å². The summed E-state index contributed by atoms with van der Waals surface area (Å²) in [5.41, 5.74) is 6.54. The van der Waals surface area contributed by atoms with Gasteiger partial charge in [-0.25, -0.2) is 0 Å². The van der Waals surface area contributed by atoms with E-state index in [1.54, 1.807) is 0 Å². The molecule has 106 valence electrons. The van der Waals surface area contributed by atoms with E-state index < -0.39 is 0 Å². The average molecular weight is 263 g/mol. The molecule has 4 nitrogen and oxygen atoms in total. The molecule has 1 aromatic heterocycles. The Morgan fingerprint density at radius 3 is 2.89 bits per heavy atom. The van der Waals surface area contributed by atoms with Gasteiger partial charge in [0.15, 0.2) is 0 Å². The van der Waals surface area contributed by atoms with Crippen molar-refractivity contribution in [2.45, 2.75) is 58.6 Å². The number of anilines is 2. The molecule has 0 amide bonds. The van der Waals surface area contributed by atoms with Crippen LogP contribution < -0.4 is 15.4 Å². The van der Waals surface area contributed by atoms with Gasteiger partial charge < -0.3 is 15.4 Å². The Labute approximate surface area is 116 Å². The normalized spacial score (nSPS) is 19.8. The first kappa shape index (κ1) is 14.0. The number of nitrogens with zero attached hydrogens (tertiary/aromatic N) is 2. The van der Waals surface area contributed by atoms with Crippen LogP contribution in [-0.4, -0.2) is 23.7 Å². The van der Waals surface area contributed by atoms with E-state index in [0.29, 0.717) is 17.6 Å². The van der Waals surface area contributed by atoms with Crippen molar-refractivity contribution in [3.63, 3.8) is 0 Å². The second kappa shape index (κ2) is 6.13. The van der Waals surface area contributed by atoms with Crippen LogP contribution in [0, 0.1) is 0 Å². The monoisotopic (exact) mass is 263 g/mol. The summed E-state index contributed by atoms with van der Waals surface area (Å²) in [5, 5.41) is 0. The van der Waals surface area contributed by atoms with Crippen molar-refractivity contribution in [2.75, 3.05) is 17.2 Å². The third-order valence-electron chi connectivity index (χ3n) is 3.61. The molecule has 0 bridgehead atoms. The maximum atomic E-state index is 5.93. The van der Waals surface area contributed by atoms with E-state index in [2.05, 4.69) is 16.8 Å². The van der Waals surface area contributed by atoms with Gasteiger partial charge >= 0.3 is 0 Å². The second-order valence-corrected chi connectivity index (χ2v) is 5.48. The highest BCUT2D eigenvalue weighted by Crippen LogP contribution is 2.29. The lowest BCUT2D eigenvalue weighted by atomic mass is 10.00. The van der Waals surface area contributed by atoms with Crippen LogP contribution in [0.4, 0.5) is 11.5 Å².